The van der Waals surface area contributed by atoms with Crippen LogP contribution in [-0.2, 0) is 4.74 Å². The summed E-state index contributed by atoms with van der Waals surface area (Å²) in [5.41, 5.74) is 6.72. The number of nitrogens with two attached hydrogens (primary N) is 1. The minimum absolute atomic E-state index is 0.129. The van der Waals surface area contributed by atoms with Crippen molar-refractivity contribution in [3.8, 4) is 11.4 Å². The number of nitrogen functional groups attached to an aromatic ring is 1. The smallest absolute Gasteiger partial charge is 0.256 e. The Morgan fingerprint density at radius 1 is 1.22 bits per heavy atom. The number of hydrogen-bond donors (Lipinski definition) is 1. The maximum Gasteiger partial charge on any atom is 0.256 e. The summed E-state index contributed by atoms with van der Waals surface area (Å²) >= 11 is 0. The van der Waals surface area contributed by atoms with Crippen LogP contribution >= 0.6 is 0 Å². The number of hydrogen-bond acceptors (Lipinski definition) is 7. The molecule has 2 fully saturated rings. The summed E-state index contributed by atoms with van der Waals surface area (Å²) in [5.74, 6) is 3.09. The highest BCUT2D eigenvalue weighted by Gasteiger charge is 2.36. The van der Waals surface area contributed by atoms with Crippen LogP contribution in [0.2, 0.25) is 0 Å². The third-order valence-electron chi connectivity index (χ3n) is 4.79. The molecular formula is C16H21N5O2. The van der Waals surface area contributed by atoms with Crippen molar-refractivity contribution >= 4 is 5.82 Å². The predicted molar refractivity (Wildman–Crippen MR) is 83.4 cm³/mol. The zero-order valence-corrected chi connectivity index (χ0v) is 13.2. The average molecular weight is 315 g/mol. The van der Waals surface area contributed by atoms with E-state index >= 15 is 0 Å². The first-order valence-electron chi connectivity index (χ1n) is 8.25. The Labute approximate surface area is 134 Å². The van der Waals surface area contributed by atoms with Gasteiger partial charge in [0, 0.05) is 19.2 Å². The molecular weight excluding hydrogens is 294 g/mol. The molecule has 0 spiro atoms. The number of anilines is 1. The molecule has 23 heavy (non-hydrogen) atoms. The minimum atomic E-state index is -0.129. The zero-order chi connectivity index (χ0) is 15.8. The molecule has 1 unspecified atom stereocenters. The maximum absolute atomic E-state index is 6.11. The first kappa shape index (κ1) is 14.6. The topological polar surface area (TPSA) is 100.0 Å². The molecule has 1 atom stereocenters. The average Bonchev–Trinajstić information content (AvgIpc) is 3.04. The van der Waals surface area contributed by atoms with Crippen LogP contribution in [-0.4, -0.2) is 27.2 Å². The molecule has 0 saturated heterocycles. The number of ether oxygens (including phenoxy) is 1. The second-order valence-corrected chi connectivity index (χ2v) is 6.46. The number of aromatic nitrogens is 4. The molecule has 2 aromatic heterocycles. The van der Waals surface area contributed by atoms with E-state index in [1.54, 1.807) is 13.3 Å². The van der Waals surface area contributed by atoms with Gasteiger partial charge in [-0.15, -0.1) is 0 Å². The van der Waals surface area contributed by atoms with Crippen molar-refractivity contribution in [1.82, 2.24) is 20.1 Å². The van der Waals surface area contributed by atoms with E-state index in [0.717, 1.165) is 31.5 Å². The van der Waals surface area contributed by atoms with E-state index in [1.165, 1.54) is 12.8 Å². The zero-order valence-electron chi connectivity index (χ0n) is 13.2. The lowest BCUT2D eigenvalue weighted by Crippen LogP contribution is -2.06. The summed E-state index contributed by atoms with van der Waals surface area (Å²) < 4.78 is 10.8. The second kappa shape index (κ2) is 5.88. The molecule has 2 aromatic rings. The standard InChI is InChI=1S/C16H21N5O2/c1-22-12(9-6-7-9)16-20-15(21-23-16)11-8-18-14(19-13(11)17)10-4-2-3-5-10/h8-10,12H,2-7H2,1H3,(H2,17,18,19). The van der Waals surface area contributed by atoms with Gasteiger partial charge in [0.15, 0.2) is 0 Å². The molecule has 122 valence electrons. The van der Waals surface area contributed by atoms with Gasteiger partial charge in [-0.25, -0.2) is 9.97 Å². The first-order valence-corrected chi connectivity index (χ1v) is 8.25. The summed E-state index contributed by atoms with van der Waals surface area (Å²) in [6, 6.07) is 0. The van der Waals surface area contributed by atoms with Crippen molar-refractivity contribution in [2.24, 2.45) is 5.92 Å². The van der Waals surface area contributed by atoms with Crippen LogP contribution in [0.15, 0.2) is 10.7 Å². The molecule has 2 saturated carbocycles. The van der Waals surface area contributed by atoms with E-state index in [4.69, 9.17) is 15.0 Å². The van der Waals surface area contributed by atoms with Crippen LogP contribution in [0.1, 0.15) is 62.3 Å². The largest absolute Gasteiger partial charge is 0.383 e. The maximum atomic E-state index is 6.11. The Morgan fingerprint density at radius 2 is 2.00 bits per heavy atom. The van der Waals surface area contributed by atoms with E-state index in [9.17, 15) is 0 Å². The van der Waals surface area contributed by atoms with Gasteiger partial charge in [-0.1, -0.05) is 18.0 Å². The van der Waals surface area contributed by atoms with E-state index in [1.807, 2.05) is 0 Å². The Bertz CT molecular complexity index is 692. The van der Waals surface area contributed by atoms with Crippen LogP contribution in [0.4, 0.5) is 5.82 Å². The normalized spacial score (nSPS) is 20.0. The fourth-order valence-electron chi connectivity index (χ4n) is 3.32. The van der Waals surface area contributed by atoms with Gasteiger partial charge in [0.2, 0.25) is 5.82 Å². The number of methoxy groups -OCH3 is 1. The van der Waals surface area contributed by atoms with Gasteiger partial charge in [0.05, 0.1) is 5.56 Å². The van der Waals surface area contributed by atoms with Gasteiger partial charge < -0.3 is 15.0 Å². The van der Waals surface area contributed by atoms with E-state index < -0.39 is 0 Å². The molecule has 2 aliphatic rings. The highest BCUT2D eigenvalue weighted by molar-refractivity contribution is 5.66. The molecule has 7 nitrogen and oxygen atoms in total. The van der Waals surface area contributed by atoms with Gasteiger partial charge in [0.25, 0.3) is 5.89 Å². The highest BCUT2D eigenvalue weighted by atomic mass is 16.5. The Hall–Kier alpha value is -2.02. The van der Waals surface area contributed by atoms with Crippen molar-refractivity contribution in [3.05, 3.63) is 17.9 Å². The Balaban J connectivity index is 1.59. The third kappa shape index (κ3) is 2.81. The number of nitrogens with zero attached hydrogens (tertiary/aromatic N) is 4. The molecule has 0 amide bonds. The fraction of sp³-hybridized carbons (Fsp3) is 0.625. The van der Waals surface area contributed by atoms with Crippen LogP contribution < -0.4 is 5.73 Å². The Kier molecular flexibility index (Phi) is 3.72. The van der Waals surface area contributed by atoms with Crippen LogP contribution in [0.3, 0.4) is 0 Å². The van der Waals surface area contributed by atoms with Gasteiger partial charge in [-0.05, 0) is 31.6 Å². The van der Waals surface area contributed by atoms with E-state index in [2.05, 4.69) is 20.1 Å². The van der Waals surface area contributed by atoms with Gasteiger partial charge >= 0.3 is 0 Å². The molecule has 0 aliphatic heterocycles. The van der Waals surface area contributed by atoms with E-state index in [-0.39, 0.29) is 6.10 Å². The molecule has 2 aliphatic carbocycles. The summed E-state index contributed by atoms with van der Waals surface area (Å²) in [4.78, 5) is 13.4. The minimum Gasteiger partial charge on any atom is -0.383 e. The highest BCUT2D eigenvalue weighted by Crippen LogP contribution is 2.42. The van der Waals surface area contributed by atoms with Gasteiger partial charge in [-0.3, -0.25) is 0 Å². The lowest BCUT2D eigenvalue weighted by molar-refractivity contribution is 0.0561. The van der Waals surface area contributed by atoms with Crippen molar-refractivity contribution in [2.75, 3.05) is 12.8 Å². The third-order valence-corrected chi connectivity index (χ3v) is 4.79. The summed E-state index contributed by atoms with van der Waals surface area (Å²) in [6.07, 6.45) is 8.62. The number of rotatable bonds is 5. The molecule has 0 radical (unpaired) electrons. The molecule has 7 heteroatoms. The molecule has 2 N–H and O–H groups in total. The van der Waals surface area contributed by atoms with Crippen molar-refractivity contribution in [3.63, 3.8) is 0 Å². The van der Waals surface area contributed by atoms with Crippen molar-refractivity contribution in [1.29, 1.82) is 0 Å². The SMILES string of the molecule is COC(c1nc(-c2cnc(C3CCCC3)nc2N)no1)C1CC1. The quantitative estimate of drug-likeness (QED) is 0.905. The van der Waals surface area contributed by atoms with Crippen molar-refractivity contribution in [2.45, 2.75) is 50.5 Å². The second-order valence-electron chi connectivity index (χ2n) is 6.46. The summed E-state index contributed by atoms with van der Waals surface area (Å²) in [5, 5.41) is 4.03. The summed E-state index contributed by atoms with van der Waals surface area (Å²) in [7, 11) is 1.67. The van der Waals surface area contributed by atoms with Crippen LogP contribution in [0.5, 0.6) is 0 Å². The Morgan fingerprint density at radius 3 is 2.65 bits per heavy atom. The molecule has 4 rings (SSSR count). The lowest BCUT2D eigenvalue weighted by Gasteiger charge is -2.09. The molecule has 0 aromatic carbocycles. The summed E-state index contributed by atoms with van der Waals surface area (Å²) in [6.45, 7) is 0. The fourth-order valence-corrected chi connectivity index (χ4v) is 3.32. The predicted octanol–water partition coefficient (Wildman–Crippen LogP) is 2.86. The van der Waals surface area contributed by atoms with E-state index in [0.29, 0.717) is 34.9 Å². The monoisotopic (exact) mass is 315 g/mol. The molecule has 2 heterocycles. The van der Waals surface area contributed by atoms with Crippen LogP contribution in [0.25, 0.3) is 11.4 Å². The van der Waals surface area contributed by atoms with Gasteiger partial charge in [0.1, 0.15) is 17.7 Å². The molecule has 0 bridgehead atoms. The lowest BCUT2D eigenvalue weighted by atomic mass is 10.1. The van der Waals surface area contributed by atoms with Crippen LogP contribution in [0, 0.1) is 5.92 Å². The van der Waals surface area contributed by atoms with Gasteiger partial charge in [-0.2, -0.15) is 4.98 Å². The van der Waals surface area contributed by atoms with Crippen molar-refractivity contribution < 1.29 is 9.26 Å². The first-order chi connectivity index (χ1) is 11.3.